The fourth-order valence-electron chi connectivity index (χ4n) is 5.16. The van der Waals surface area contributed by atoms with Crippen molar-refractivity contribution in [3.8, 4) is 0 Å². The third-order valence-corrected chi connectivity index (χ3v) is 8.38. The third-order valence-electron chi connectivity index (χ3n) is 7.48. The largest absolute Gasteiger partial charge is 0.462 e. The van der Waals surface area contributed by atoms with Crippen molar-refractivity contribution in [1.82, 2.24) is 10.6 Å². The van der Waals surface area contributed by atoms with Gasteiger partial charge < -0.3 is 29.9 Å². The lowest BCUT2D eigenvalue weighted by Gasteiger charge is -2.25. The molecule has 0 unspecified atom stereocenters. The highest BCUT2D eigenvalue weighted by Crippen LogP contribution is 2.35. The van der Waals surface area contributed by atoms with Crippen LogP contribution in [0.5, 0.6) is 0 Å². The van der Waals surface area contributed by atoms with Gasteiger partial charge in [0.05, 0.1) is 0 Å². The second-order valence-corrected chi connectivity index (χ2v) is 13.0. The van der Waals surface area contributed by atoms with Gasteiger partial charge in [-0.1, -0.05) is 38.5 Å². The Kier molecular flexibility index (Phi) is 16.9. The van der Waals surface area contributed by atoms with E-state index in [2.05, 4.69) is 10.6 Å². The number of amides is 2. The average molecular weight is 601 g/mol. The van der Waals surface area contributed by atoms with Crippen molar-refractivity contribution in [2.24, 2.45) is 0 Å². The number of unbranched alkanes of at least 4 members (excludes halogenated alkanes) is 5. The molecule has 2 aliphatic rings. The van der Waals surface area contributed by atoms with Crippen molar-refractivity contribution in [1.29, 1.82) is 0 Å². The molecule has 2 amide bonds. The molecule has 234 valence electrons. The number of hydrogen-bond acceptors (Lipinski definition) is 7. The van der Waals surface area contributed by atoms with E-state index in [1.165, 1.54) is 0 Å². The van der Waals surface area contributed by atoms with Gasteiger partial charge in [0.2, 0.25) is 11.8 Å². The maximum absolute atomic E-state index is 12.9. The van der Waals surface area contributed by atoms with Crippen LogP contribution in [0.1, 0.15) is 116 Å². The van der Waals surface area contributed by atoms with E-state index in [0.29, 0.717) is 13.0 Å². The lowest BCUT2D eigenvalue weighted by molar-refractivity contribution is -0.155. The molecule has 0 radical (unpaired) electrons. The molecule has 0 saturated heterocycles. The Labute approximate surface area is 243 Å². The van der Waals surface area contributed by atoms with Crippen LogP contribution >= 0.6 is 7.60 Å². The van der Waals surface area contributed by atoms with Crippen LogP contribution in [0.15, 0.2) is 12.2 Å². The fourth-order valence-corrected chi connectivity index (χ4v) is 5.80. The molecule has 0 heterocycles. The molecule has 2 fully saturated rings. The molecule has 2 aliphatic carbocycles. The first kappa shape index (κ1) is 35.0. The summed E-state index contributed by atoms with van der Waals surface area (Å²) >= 11 is 0. The molecule has 2 saturated carbocycles. The minimum Gasteiger partial charge on any atom is -0.462 e. The van der Waals surface area contributed by atoms with Gasteiger partial charge in [-0.05, 0) is 70.6 Å². The van der Waals surface area contributed by atoms with Gasteiger partial charge in [0, 0.05) is 31.3 Å². The predicted octanol–water partition coefficient (Wildman–Crippen LogP) is 4.19. The maximum atomic E-state index is 12.9. The number of esters is 2. The van der Waals surface area contributed by atoms with Crippen molar-refractivity contribution in [2.75, 3.05) is 12.7 Å². The number of carbonyl (C=O) groups excluding carboxylic acids is 4. The highest BCUT2D eigenvalue weighted by molar-refractivity contribution is 7.51. The monoisotopic (exact) mass is 600 g/mol. The Morgan fingerprint density at radius 1 is 0.756 bits per heavy atom. The Morgan fingerprint density at radius 2 is 1.29 bits per heavy atom. The number of hydrogen-bond donors (Lipinski definition) is 4. The van der Waals surface area contributed by atoms with Gasteiger partial charge in [-0.15, -0.1) is 0 Å². The van der Waals surface area contributed by atoms with Crippen molar-refractivity contribution >= 4 is 31.3 Å². The Morgan fingerprint density at radius 3 is 1.90 bits per heavy atom. The zero-order valence-electron chi connectivity index (χ0n) is 24.2. The summed E-state index contributed by atoms with van der Waals surface area (Å²) < 4.78 is 22.0. The smallest absolute Gasteiger partial charge is 0.328 e. The van der Waals surface area contributed by atoms with Crippen LogP contribution in [0, 0.1) is 0 Å². The van der Waals surface area contributed by atoms with E-state index < -0.39 is 37.4 Å². The lowest BCUT2D eigenvalue weighted by Crippen LogP contribution is -2.43. The summed E-state index contributed by atoms with van der Waals surface area (Å²) in [7, 11) is -3.92. The SMILES string of the molecule is O=C(/C=C/C(=O)N[C@H](CCC(=O)OC1CCCCC1)C(=O)OC1CCCCC1)NCCCCCCCCP(=O)(O)O. The Balaban J connectivity index is 1.72. The summed E-state index contributed by atoms with van der Waals surface area (Å²) in [6.45, 7) is 0.437. The van der Waals surface area contributed by atoms with Crippen LogP contribution in [0.25, 0.3) is 0 Å². The van der Waals surface area contributed by atoms with Gasteiger partial charge in [0.15, 0.2) is 0 Å². The number of rotatable bonds is 18. The molecule has 41 heavy (non-hydrogen) atoms. The maximum Gasteiger partial charge on any atom is 0.328 e. The molecule has 1 atom stereocenters. The highest BCUT2D eigenvalue weighted by Gasteiger charge is 2.27. The number of nitrogens with one attached hydrogen (secondary N) is 2. The quantitative estimate of drug-likeness (QED) is 0.0780. The number of carbonyl (C=O) groups is 4. The summed E-state index contributed by atoms with van der Waals surface area (Å²) in [6, 6.07) is -1.02. The molecule has 0 aromatic heterocycles. The summed E-state index contributed by atoms with van der Waals surface area (Å²) in [5, 5.41) is 5.30. The van der Waals surface area contributed by atoms with Crippen LogP contribution in [0.2, 0.25) is 0 Å². The van der Waals surface area contributed by atoms with Crippen LogP contribution in [0.4, 0.5) is 0 Å². The van der Waals surface area contributed by atoms with Gasteiger partial charge in [0.25, 0.3) is 0 Å². The summed E-state index contributed by atoms with van der Waals surface area (Å²) in [5.74, 6) is -2.02. The van der Waals surface area contributed by atoms with Gasteiger partial charge in [-0.2, -0.15) is 0 Å². The molecule has 0 bridgehead atoms. The second-order valence-electron chi connectivity index (χ2n) is 11.2. The van der Waals surface area contributed by atoms with Crippen LogP contribution in [0.3, 0.4) is 0 Å². The van der Waals surface area contributed by atoms with Crippen molar-refractivity contribution in [2.45, 2.75) is 134 Å². The van der Waals surface area contributed by atoms with E-state index in [1.54, 1.807) is 0 Å². The molecular weight excluding hydrogens is 551 g/mol. The molecule has 0 aromatic carbocycles. The average Bonchev–Trinajstić information content (AvgIpc) is 2.93. The van der Waals surface area contributed by atoms with Crippen LogP contribution in [-0.4, -0.2) is 64.5 Å². The first-order valence-corrected chi connectivity index (χ1v) is 17.1. The zero-order chi connectivity index (χ0) is 29.9. The molecule has 0 aromatic rings. The zero-order valence-corrected chi connectivity index (χ0v) is 25.1. The molecular formula is C29H49N2O9P. The molecule has 12 heteroatoms. The van der Waals surface area contributed by atoms with E-state index in [9.17, 15) is 23.7 Å². The topological polar surface area (TPSA) is 168 Å². The first-order valence-electron chi connectivity index (χ1n) is 15.3. The summed E-state index contributed by atoms with van der Waals surface area (Å²) in [4.78, 5) is 67.6. The first-order chi connectivity index (χ1) is 19.6. The molecule has 11 nitrogen and oxygen atoms in total. The van der Waals surface area contributed by atoms with Gasteiger partial charge >= 0.3 is 19.5 Å². The minimum atomic E-state index is -3.92. The van der Waals surface area contributed by atoms with E-state index in [0.717, 1.165) is 108 Å². The van der Waals surface area contributed by atoms with Crippen LogP contribution in [-0.2, 0) is 33.2 Å². The van der Waals surface area contributed by atoms with E-state index in [1.807, 2.05) is 0 Å². The highest BCUT2D eigenvalue weighted by atomic mass is 31.2. The minimum absolute atomic E-state index is 0.0188. The molecule has 0 spiro atoms. The summed E-state index contributed by atoms with van der Waals surface area (Å²) in [6.07, 6.45) is 16.1. The Bertz CT molecular complexity index is 893. The normalized spacial score (nSPS) is 17.6. The van der Waals surface area contributed by atoms with E-state index in [4.69, 9.17) is 19.3 Å². The molecule has 2 rings (SSSR count). The fraction of sp³-hybridized carbons (Fsp3) is 0.793. The Hall–Kier alpha value is -2.23. The molecule has 0 aliphatic heterocycles. The van der Waals surface area contributed by atoms with Gasteiger partial charge in [-0.3, -0.25) is 18.9 Å². The van der Waals surface area contributed by atoms with E-state index >= 15 is 0 Å². The predicted molar refractivity (Wildman–Crippen MR) is 154 cm³/mol. The van der Waals surface area contributed by atoms with Gasteiger partial charge in [0.1, 0.15) is 18.2 Å². The van der Waals surface area contributed by atoms with Crippen LogP contribution < -0.4 is 10.6 Å². The van der Waals surface area contributed by atoms with Crippen molar-refractivity contribution in [3.63, 3.8) is 0 Å². The number of ether oxygens (including phenoxy) is 2. The lowest BCUT2D eigenvalue weighted by atomic mass is 9.97. The van der Waals surface area contributed by atoms with E-state index in [-0.39, 0.29) is 31.2 Å². The summed E-state index contributed by atoms with van der Waals surface area (Å²) in [5.41, 5.74) is 0. The van der Waals surface area contributed by atoms with Crippen molar-refractivity contribution in [3.05, 3.63) is 12.2 Å². The second kappa shape index (κ2) is 19.8. The molecule has 4 N–H and O–H groups in total. The van der Waals surface area contributed by atoms with Gasteiger partial charge in [-0.25, -0.2) is 4.79 Å². The van der Waals surface area contributed by atoms with Crippen molar-refractivity contribution < 1.29 is 43.0 Å². The standard InChI is InChI=1S/C29H49N2O9P/c32-26(30-21-11-3-1-2-4-12-22-41(36,37)38)18-19-27(33)31-25(29(35)40-24-15-9-6-10-16-24)17-20-28(34)39-23-13-7-5-8-14-23/h18-19,23-25H,1-17,20-22H2,(H,30,32)(H,31,33)(H2,36,37,38)/b19-18+/t25-/m1/s1. The third kappa shape index (κ3) is 17.4.